The van der Waals surface area contributed by atoms with E-state index in [0.717, 1.165) is 11.3 Å². The van der Waals surface area contributed by atoms with E-state index >= 15 is 0 Å². The third kappa shape index (κ3) is 3.28. The molecule has 0 aromatic heterocycles. The summed E-state index contributed by atoms with van der Waals surface area (Å²) in [5.74, 6) is 0.865. The summed E-state index contributed by atoms with van der Waals surface area (Å²) in [5.41, 5.74) is 1.90. The van der Waals surface area contributed by atoms with Crippen LogP contribution in [0.5, 0.6) is 5.75 Å². The van der Waals surface area contributed by atoms with Gasteiger partial charge in [0.25, 0.3) is 0 Å². The second-order valence-electron chi connectivity index (χ2n) is 4.55. The number of benzene rings is 1. The molecule has 0 heterocycles. The van der Waals surface area contributed by atoms with Crippen LogP contribution in [0.15, 0.2) is 18.2 Å². The van der Waals surface area contributed by atoms with Crippen LogP contribution in [0.1, 0.15) is 25.0 Å². The molecule has 0 unspecified atom stereocenters. The zero-order valence-electron chi connectivity index (χ0n) is 9.79. The van der Waals surface area contributed by atoms with Crippen LogP contribution in [-0.4, -0.2) is 6.61 Å². The third-order valence-corrected chi connectivity index (χ3v) is 2.22. The highest BCUT2D eigenvalue weighted by Gasteiger charge is 2.17. The second kappa shape index (κ2) is 4.35. The van der Waals surface area contributed by atoms with Crippen LogP contribution in [0.2, 0.25) is 0 Å². The lowest BCUT2D eigenvalue weighted by molar-refractivity contribution is 0.226. The minimum Gasteiger partial charge on any atom is -0.492 e. The van der Waals surface area contributed by atoms with Gasteiger partial charge in [0.15, 0.2) is 0 Å². The Labute approximate surface area is 91.5 Å². The summed E-state index contributed by atoms with van der Waals surface area (Å²) in [4.78, 5) is 0. The van der Waals surface area contributed by atoms with Gasteiger partial charge in [-0.15, -0.1) is 0 Å². The number of hydrogen-bond acceptors (Lipinski definition) is 2. The first-order valence-electron chi connectivity index (χ1n) is 5.06. The van der Waals surface area contributed by atoms with Crippen molar-refractivity contribution in [3.63, 3.8) is 0 Å². The molecule has 0 spiro atoms. The molecule has 0 amide bonds. The van der Waals surface area contributed by atoms with Crippen LogP contribution < -0.4 is 4.74 Å². The van der Waals surface area contributed by atoms with Gasteiger partial charge in [0.2, 0.25) is 0 Å². The van der Waals surface area contributed by atoms with Crippen molar-refractivity contribution in [1.29, 1.82) is 5.26 Å². The maximum absolute atomic E-state index is 8.86. The van der Waals surface area contributed by atoms with Gasteiger partial charge in [0.05, 0.1) is 11.5 Å². The van der Waals surface area contributed by atoms with E-state index in [9.17, 15) is 0 Å². The first kappa shape index (κ1) is 11.6. The summed E-state index contributed by atoms with van der Waals surface area (Å²) >= 11 is 0. The van der Waals surface area contributed by atoms with Gasteiger partial charge in [-0.2, -0.15) is 5.26 Å². The normalized spacial score (nSPS) is 10.9. The highest BCUT2D eigenvalue weighted by atomic mass is 16.5. The van der Waals surface area contributed by atoms with Crippen molar-refractivity contribution in [3.05, 3.63) is 29.3 Å². The molecule has 0 saturated carbocycles. The molecule has 15 heavy (non-hydrogen) atoms. The molecule has 80 valence electrons. The molecule has 0 bridgehead atoms. The predicted octanol–water partition coefficient (Wildman–Crippen LogP) is 3.23. The minimum atomic E-state index is -0.433. The summed E-state index contributed by atoms with van der Waals surface area (Å²) < 4.78 is 5.62. The summed E-state index contributed by atoms with van der Waals surface area (Å²) in [6, 6.07) is 8.27. The molecule has 0 fully saturated rings. The van der Waals surface area contributed by atoms with E-state index < -0.39 is 5.41 Å². The van der Waals surface area contributed by atoms with Gasteiger partial charge >= 0.3 is 0 Å². The third-order valence-electron chi connectivity index (χ3n) is 2.22. The Hall–Kier alpha value is -1.49. The fourth-order valence-corrected chi connectivity index (χ4v) is 1.25. The van der Waals surface area contributed by atoms with Crippen LogP contribution in [-0.2, 0) is 0 Å². The lowest BCUT2D eigenvalue weighted by atomic mass is 9.97. The molecule has 1 aromatic carbocycles. The number of ether oxygens (including phenoxy) is 1. The maximum atomic E-state index is 8.86. The van der Waals surface area contributed by atoms with Crippen LogP contribution in [0.25, 0.3) is 0 Å². The Kier molecular flexibility index (Phi) is 3.36. The van der Waals surface area contributed by atoms with Crippen molar-refractivity contribution >= 4 is 0 Å². The van der Waals surface area contributed by atoms with Crippen LogP contribution in [0.4, 0.5) is 0 Å². The average Bonchev–Trinajstić information content (AvgIpc) is 2.16. The van der Waals surface area contributed by atoms with Gasteiger partial charge in [-0.3, -0.25) is 0 Å². The number of nitriles is 1. The zero-order valence-corrected chi connectivity index (χ0v) is 9.79. The summed E-state index contributed by atoms with van der Waals surface area (Å²) in [5, 5.41) is 8.86. The molecule has 0 atom stereocenters. The predicted molar refractivity (Wildman–Crippen MR) is 60.8 cm³/mol. The van der Waals surface area contributed by atoms with Gasteiger partial charge in [-0.25, -0.2) is 0 Å². The number of rotatable bonds is 3. The Morgan fingerprint density at radius 1 is 1.33 bits per heavy atom. The molecule has 0 aliphatic rings. The molecule has 0 radical (unpaired) electrons. The quantitative estimate of drug-likeness (QED) is 0.755. The van der Waals surface area contributed by atoms with Crippen LogP contribution in [0.3, 0.4) is 0 Å². The molecule has 0 saturated heterocycles. The first-order chi connectivity index (χ1) is 6.94. The van der Waals surface area contributed by atoms with Gasteiger partial charge in [0.1, 0.15) is 12.4 Å². The molecule has 2 nitrogen and oxygen atoms in total. The van der Waals surface area contributed by atoms with Gasteiger partial charge < -0.3 is 4.74 Å². The highest BCUT2D eigenvalue weighted by Crippen LogP contribution is 2.22. The molecule has 1 rings (SSSR count). The van der Waals surface area contributed by atoms with E-state index in [2.05, 4.69) is 19.1 Å². The Balaban J connectivity index is 2.71. The first-order valence-corrected chi connectivity index (χ1v) is 5.06. The van der Waals surface area contributed by atoms with Gasteiger partial charge in [0, 0.05) is 0 Å². The van der Waals surface area contributed by atoms with Crippen molar-refractivity contribution in [2.24, 2.45) is 5.41 Å². The standard InChI is InChI=1S/C13H17NO/c1-10-5-6-12(11(2)7-10)15-9-13(3,4)8-14/h5-7H,9H2,1-4H3. The maximum Gasteiger partial charge on any atom is 0.122 e. The average molecular weight is 203 g/mol. The van der Waals surface area contributed by atoms with Crippen molar-refractivity contribution < 1.29 is 4.74 Å². The Bertz CT molecular complexity index is 388. The number of nitrogens with zero attached hydrogens (tertiary/aromatic N) is 1. The fraction of sp³-hybridized carbons (Fsp3) is 0.462. The van der Waals surface area contributed by atoms with Crippen molar-refractivity contribution in [2.45, 2.75) is 27.7 Å². The second-order valence-corrected chi connectivity index (χ2v) is 4.55. The van der Waals surface area contributed by atoms with Gasteiger partial charge in [-0.1, -0.05) is 17.7 Å². The molecule has 1 aromatic rings. The SMILES string of the molecule is Cc1ccc(OCC(C)(C)C#N)c(C)c1. The molecule has 2 heteroatoms. The highest BCUT2D eigenvalue weighted by molar-refractivity contribution is 5.35. The zero-order chi connectivity index (χ0) is 11.5. The van der Waals surface area contributed by atoms with Gasteiger partial charge in [-0.05, 0) is 39.3 Å². The Morgan fingerprint density at radius 2 is 2.00 bits per heavy atom. The Morgan fingerprint density at radius 3 is 2.53 bits per heavy atom. The fourth-order valence-electron chi connectivity index (χ4n) is 1.25. The molecule has 0 aliphatic heterocycles. The monoisotopic (exact) mass is 203 g/mol. The van der Waals surface area contributed by atoms with Crippen molar-refractivity contribution in [1.82, 2.24) is 0 Å². The lowest BCUT2D eigenvalue weighted by Gasteiger charge is -2.17. The van der Waals surface area contributed by atoms with E-state index in [4.69, 9.17) is 10.00 Å². The summed E-state index contributed by atoms with van der Waals surface area (Å²) in [6.07, 6.45) is 0. The largest absolute Gasteiger partial charge is 0.492 e. The molecular formula is C13H17NO. The van der Waals surface area contributed by atoms with E-state index in [1.54, 1.807) is 0 Å². The smallest absolute Gasteiger partial charge is 0.122 e. The number of hydrogen-bond donors (Lipinski definition) is 0. The van der Waals surface area contributed by atoms with Crippen LogP contribution in [0, 0.1) is 30.6 Å². The molecule has 0 N–H and O–H groups in total. The van der Waals surface area contributed by atoms with E-state index in [1.165, 1.54) is 5.56 Å². The lowest BCUT2D eigenvalue weighted by Crippen LogP contribution is -2.19. The van der Waals surface area contributed by atoms with E-state index in [0.29, 0.717) is 6.61 Å². The summed E-state index contributed by atoms with van der Waals surface area (Å²) in [6.45, 7) is 8.23. The molecular weight excluding hydrogens is 186 g/mol. The van der Waals surface area contributed by atoms with Crippen molar-refractivity contribution in [2.75, 3.05) is 6.61 Å². The van der Waals surface area contributed by atoms with E-state index in [1.807, 2.05) is 32.9 Å². The van der Waals surface area contributed by atoms with E-state index in [-0.39, 0.29) is 0 Å². The topological polar surface area (TPSA) is 33.0 Å². The number of aryl methyl sites for hydroxylation is 2. The minimum absolute atomic E-state index is 0.424. The van der Waals surface area contributed by atoms with Crippen molar-refractivity contribution in [3.8, 4) is 11.8 Å². The van der Waals surface area contributed by atoms with Crippen LogP contribution >= 0.6 is 0 Å². The molecule has 0 aliphatic carbocycles. The summed E-state index contributed by atoms with van der Waals surface area (Å²) in [7, 11) is 0.